The number of ether oxygens (including phenoxy) is 1. The molecular formula is C25H33Cl2N5O2SSi. The monoisotopic (exact) mass is 565 g/mol. The number of aromatic nitrogens is 3. The molecule has 0 radical (unpaired) electrons. The second-order valence-corrected chi connectivity index (χ2v) is 17.9. The molecule has 0 bridgehead atoms. The average molecular weight is 567 g/mol. The summed E-state index contributed by atoms with van der Waals surface area (Å²) in [6.07, 6.45) is 7.20. The third kappa shape index (κ3) is 6.68. The molecular weight excluding hydrogens is 533 g/mol. The first-order valence-corrected chi connectivity index (χ1v) is 17.5. The van der Waals surface area contributed by atoms with Crippen molar-refractivity contribution >= 4 is 60.7 Å². The van der Waals surface area contributed by atoms with Gasteiger partial charge < -0.3 is 15.0 Å². The number of alkyl carbamates (subject to hydrolysis) is 1. The van der Waals surface area contributed by atoms with E-state index in [9.17, 15) is 4.79 Å². The first-order valence-electron chi connectivity index (χ1n) is 12.2. The van der Waals surface area contributed by atoms with Gasteiger partial charge in [-0.1, -0.05) is 60.7 Å². The minimum atomic E-state index is -1.21. The minimum absolute atomic E-state index is 0.0639. The third-order valence-electron chi connectivity index (χ3n) is 6.47. The number of benzene rings is 1. The fraction of sp³-hybridized carbons (Fsp3) is 0.480. The van der Waals surface area contributed by atoms with E-state index >= 15 is 0 Å². The van der Waals surface area contributed by atoms with Crippen LogP contribution in [0.15, 0.2) is 46.6 Å². The highest BCUT2D eigenvalue weighted by Gasteiger charge is 2.27. The Morgan fingerprint density at radius 1 is 1.22 bits per heavy atom. The highest BCUT2D eigenvalue weighted by atomic mass is 35.5. The maximum atomic E-state index is 12.2. The molecule has 1 aliphatic heterocycles. The number of fused-ring (bicyclic) bond motifs is 1. The molecule has 0 spiro atoms. The van der Waals surface area contributed by atoms with Gasteiger partial charge in [0.05, 0.1) is 21.5 Å². The molecule has 1 saturated heterocycles. The van der Waals surface area contributed by atoms with Gasteiger partial charge in [-0.2, -0.15) is 0 Å². The topological polar surface area (TPSA) is 71.8 Å². The van der Waals surface area contributed by atoms with Crippen molar-refractivity contribution in [2.24, 2.45) is 5.92 Å². The van der Waals surface area contributed by atoms with Crippen LogP contribution in [-0.2, 0) is 4.74 Å². The summed E-state index contributed by atoms with van der Waals surface area (Å²) < 4.78 is 7.44. The van der Waals surface area contributed by atoms with Crippen LogP contribution in [0.3, 0.4) is 0 Å². The average Bonchev–Trinajstić information content (AvgIpc) is 3.32. The molecule has 3 heterocycles. The summed E-state index contributed by atoms with van der Waals surface area (Å²) in [5, 5.41) is 4.09. The normalized spacial score (nSPS) is 15.8. The van der Waals surface area contributed by atoms with Gasteiger partial charge in [-0.25, -0.2) is 14.8 Å². The van der Waals surface area contributed by atoms with Crippen molar-refractivity contribution in [3.8, 4) is 0 Å². The summed E-state index contributed by atoms with van der Waals surface area (Å²) in [6, 6.07) is 6.64. The number of rotatable bonds is 8. The Kier molecular flexibility index (Phi) is 8.75. The zero-order valence-corrected chi connectivity index (χ0v) is 24.5. The van der Waals surface area contributed by atoms with Gasteiger partial charge in [0.15, 0.2) is 5.65 Å². The molecule has 11 heteroatoms. The summed E-state index contributed by atoms with van der Waals surface area (Å²) in [5.74, 6) is 1.26. The van der Waals surface area contributed by atoms with Crippen molar-refractivity contribution in [2.75, 3.05) is 24.6 Å². The third-order valence-corrected chi connectivity index (χ3v) is 10.2. The van der Waals surface area contributed by atoms with E-state index in [-0.39, 0.29) is 12.1 Å². The summed E-state index contributed by atoms with van der Waals surface area (Å²) in [6.45, 7) is 11.1. The van der Waals surface area contributed by atoms with Crippen molar-refractivity contribution in [2.45, 2.75) is 61.3 Å². The van der Waals surface area contributed by atoms with Crippen LogP contribution in [0.1, 0.15) is 19.8 Å². The summed E-state index contributed by atoms with van der Waals surface area (Å²) in [7, 11) is -1.21. The zero-order chi connectivity index (χ0) is 25.9. The molecule has 1 aliphatic rings. The Morgan fingerprint density at radius 3 is 2.69 bits per heavy atom. The molecule has 1 fully saturated rings. The number of anilines is 1. The lowest BCUT2D eigenvalue weighted by Gasteiger charge is -2.35. The van der Waals surface area contributed by atoms with E-state index in [2.05, 4.69) is 41.8 Å². The Balaban J connectivity index is 1.36. The summed E-state index contributed by atoms with van der Waals surface area (Å²) >= 11 is 14.1. The van der Waals surface area contributed by atoms with Crippen LogP contribution < -0.4 is 10.2 Å². The van der Waals surface area contributed by atoms with E-state index in [1.165, 1.54) is 11.8 Å². The first kappa shape index (κ1) is 27.1. The van der Waals surface area contributed by atoms with E-state index in [0.717, 1.165) is 53.4 Å². The van der Waals surface area contributed by atoms with Gasteiger partial charge in [0, 0.05) is 50.7 Å². The highest BCUT2D eigenvalue weighted by Crippen LogP contribution is 2.39. The van der Waals surface area contributed by atoms with E-state index in [1.54, 1.807) is 12.3 Å². The Bertz CT molecular complexity index is 1210. The number of piperidine rings is 1. The standard InChI is InChI=1S/C25H33Cl2N5O2SSi/c1-17(30-25(33)34-14-15-36(2,3)4)18-8-11-31(12-9-18)24-29-16-21(23-28-10-13-32(23)24)35-20-7-5-6-19(26)22(20)27/h5-7,10,13,16-18H,8-9,11-12,14-15H2,1-4H3,(H,30,33)/t17-/m1/s1. The van der Waals surface area contributed by atoms with Gasteiger partial charge in [-0.15, -0.1) is 0 Å². The van der Waals surface area contributed by atoms with E-state index < -0.39 is 8.07 Å². The molecule has 1 atom stereocenters. The molecule has 1 aromatic carbocycles. The lowest BCUT2D eigenvalue weighted by molar-refractivity contribution is 0.143. The van der Waals surface area contributed by atoms with Crippen LogP contribution in [0, 0.1) is 5.92 Å². The molecule has 0 unspecified atom stereocenters. The Labute approximate surface area is 227 Å². The fourth-order valence-corrected chi connectivity index (χ4v) is 6.38. The predicted octanol–water partition coefficient (Wildman–Crippen LogP) is 6.86. The quantitative estimate of drug-likeness (QED) is 0.301. The van der Waals surface area contributed by atoms with Gasteiger partial charge in [0.1, 0.15) is 0 Å². The van der Waals surface area contributed by atoms with Gasteiger partial charge in [0.2, 0.25) is 5.95 Å². The molecule has 0 aliphatic carbocycles. The number of carbonyl (C=O) groups excluding carboxylic acids is 1. The second kappa shape index (κ2) is 11.6. The zero-order valence-electron chi connectivity index (χ0n) is 21.1. The maximum absolute atomic E-state index is 12.2. The number of hydrogen-bond donors (Lipinski definition) is 1. The maximum Gasteiger partial charge on any atom is 0.407 e. The van der Waals surface area contributed by atoms with Gasteiger partial charge in [-0.3, -0.25) is 4.40 Å². The molecule has 1 amide bonds. The number of nitrogens with zero attached hydrogens (tertiary/aromatic N) is 4. The molecule has 194 valence electrons. The molecule has 4 rings (SSSR count). The van der Waals surface area contributed by atoms with E-state index in [4.69, 9.17) is 32.9 Å². The van der Waals surface area contributed by atoms with Crippen LogP contribution in [0.2, 0.25) is 35.7 Å². The van der Waals surface area contributed by atoms with Crippen molar-refractivity contribution in [1.82, 2.24) is 19.7 Å². The Hall–Kier alpha value is -1.94. The van der Waals surface area contributed by atoms with Crippen LogP contribution in [0.4, 0.5) is 10.7 Å². The minimum Gasteiger partial charge on any atom is -0.450 e. The van der Waals surface area contributed by atoms with Gasteiger partial charge in [-0.05, 0) is 43.9 Å². The number of halogens is 2. The first-order chi connectivity index (χ1) is 17.1. The highest BCUT2D eigenvalue weighted by molar-refractivity contribution is 7.99. The van der Waals surface area contributed by atoms with Crippen molar-refractivity contribution in [3.05, 3.63) is 46.8 Å². The second-order valence-electron chi connectivity index (χ2n) is 10.4. The lowest BCUT2D eigenvalue weighted by Crippen LogP contribution is -2.44. The fourth-order valence-electron chi connectivity index (χ4n) is 4.27. The smallest absolute Gasteiger partial charge is 0.407 e. The summed E-state index contributed by atoms with van der Waals surface area (Å²) in [5.41, 5.74) is 0.833. The van der Waals surface area contributed by atoms with Gasteiger partial charge >= 0.3 is 6.09 Å². The summed E-state index contributed by atoms with van der Waals surface area (Å²) in [4.78, 5) is 25.6. The van der Waals surface area contributed by atoms with Crippen LogP contribution in [0.25, 0.3) is 5.65 Å². The van der Waals surface area contributed by atoms with Crippen molar-refractivity contribution in [3.63, 3.8) is 0 Å². The van der Waals surface area contributed by atoms with E-state index in [0.29, 0.717) is 22.6 Å². The SMILES string of the molecule is C[C@@H](NC(=O)OCC[Si](C)(C)C)C1CCN(c2ncc(Sc3cccc(Cl)c3Cl)c3nccn23)CC1. The number of imidazole rings is 1. The van der Waals surface area contributed by atoms with Crippen molar-refractivity contribution < 1.29 is 9.53 Å². The van der Waals surface area contributed by atoms with Crippen LogP contribution in [-0.4, -0.2) is 54.3 Å². The molecule has 7 nitrogen and oxygen atoms in total. The number of carbonyl (C=O) groups is 1. The molecule has 36 heavy (non-hydrogen) atoms. The van der Waals surface area contributed by atoms with Crippen molar-refractivity contribution in [1.29, 1.82) is 0 Å². The Morgan fingerprint density at radius 2 is 1.97 bits per heavy atom. The predicted molar refractivity (Wildman–Crippen MR) is 151 cm³/mol. The van der Waals surface area contributed by atoms with E-state index in [1.807, 2.05) is 28.9 Å². The largest absolute Gasteiger partial charge is 0.450 e. The van der Waals surface area contributed by atoms with Gasteiger partial charge in [0.25, 0.3) is 0 Å². The molecule has 1 N–H and O–H groups in total. The number of nitrogens with one attached hydrogen (secondary N) is 1. The molecule has 2 aromatic heterocycles. The van der Waals surface area contributed by atoms with Crippen LogP contribution >= 0.6 is 35.0 Å². The number of hydrogen-bond acceptors (Lipinski definition) is 6. The van der Waals surface area contributed by atoms with Crippen LogP contribution in [0.5, 0.6) is 0 Å². The molecule has 3 aromatic rings. The lowest BCUT2D eigenvalue weighted by atomic mass is 9.90. The molecule has 0 saturated carbocycles. The number of amides is 1.